The van der Waals surface area contributed by atoms with E-state index in [4.69, 9.17) is 4.74 Å². The van der Waals surface area contributed by atoms with E-state index in [2.05, 4.69) is 10.0 Å². The predicted octanol–water partition coefficient (Wildman–Crippen LogP) is 1.13. The third kappa shape index (κ3) is 4.41. The molecule has 27 heavy (non-hydrogen) atoms. The molecule has 0 fully saturated rings. The van der Waals surface area contributed by atoms with Crippen LogP contribution < -0.4 is 14.8 Å². The van der Waals surface area contributed by atoms with Gasteiger partial charge in [0.1, 0.15) is 17.6 Å². The Balaban J connectivity index is 1.82. The van der Waals surface area contributed by atoms with E-state index >= 15 is 0 Å². The van der Waals surface area contributed by atoms with Crippen molar-refractivity contribution in [3.8, 4) is 5.75 Å². The lowest BCUT2D eigenvalue weighted by molar-refractivity contribution is -0.138. The van der Waals surface area contributed by atoms with Crippen molar-refractivity contribution < 1.29 is 32.2 Å². The summed E-state index contributed by atoms with van der Waals surface area (Å²) >= 11 is 0. The molecule has 2 aromatic carbocycles. The highest BCUT2D eigenvalue weighted by Gasteiger charge is 2.27. The summed E-state index contributed by atoms with van der Waals surface area (Å²) in [6.07, 6.45) is -0.167. The van der Waals surface area contributed by atoms with E-state index < -0.39 is 33.8 Å². The van der Waals surface area contributed by atoms with Crippen molar-refractivity contribution in [3.63, 3.8) is 0 Å². The van der Waals surface area contributed by atoms with Crippen molar-refractivity contribution in [2.24, 2.45) is 0 Å². The van der Waals surface area contributed by atoms with E-state index in [1.165, 1.54) is 30.3 Å². The van der Waals surface area contributed by atoms with Crippen molar-refractivity contribution in [2.45, 2.75) is 17.4 Å². The molecular weight excluding hydrogens is 379 g/mol. The standard InChI is InChI=1S/C17H15FN2O6S/c18-11-3-1-10(2-4-11)7-14(17(22)23)20-27(24,25)12-5-6-15-13(8-12)19-16(21)9-26-15/h1-6,8,14,20H,7,9H2,(H,19,21)(H,22,23). The van der Waals surface area contributed by atoms with Crippen molar-refractivity contribution in [1.82, 2.24) is 4.72 Å². The topological polar surface area (TPSA) is 122 Å². The maximum Gasteiger partial charge on any atom is 0.322 e. The van der Waals surface area contributed by atoms with Gasteiger partial charge in [-0.1, -0.05) is 12.1 Å². The molecule has 1 amide bonds. The van der Waals surface area contributed by atoms with Crippen molar-refractivity contribution in [3.05, 3.63) is 53.8 Å². The van der Waals surface area contributed by atoms with Gasteiger partial charge >= 0.3 is 5.97 Å². The van der Waals surface area contributed by atoms with E-state index in [0.717, 1.165) is 12.1 Å². The van der Waals surface area contributed by atoms with Crippen LogP contribution in [-0.2, 0) is 26.0 Å². The second-order valence-electron chi connectivity index (χ2n) is 5.84. The molecule has 10 heteroatoms. The lowest BCUT2D eigenvalue weighted by atomic mass is 10.1. The molecule has 8 nitrogen and oxygen atoms in total. The van der Waals surface area contributed by atoms with Gasteiger partial charge in [-0.05, 0) is 42.3 Å². The summed E-state index contributed by atoms with van der Waals surface area (Å²) in [5.74, 6) is -1.97. The van der Waals surface area contributed by atoms with E-state index in [1.807, 2.05) is 0 Å². The number of amides is 1. The molecule has 0 saturated heterocycles. The zero-order chi connectivity index (χ0) is 19.6. The molecule has 3 rings (SSSR count). The van der Waals surface area contributed by atoms with Crippen LogP contribution in [-0.4, -0.2) is 38.0 Å². The number of ether oxygens (including phenoxy) is 1. The maximum atomic E-state index is 13.0. The molecule has 1 heterocycles. The highest BCUT2D eigenvalue weighted by Crippen LogP contribution is 2.30. The fourth-order valence-corrected chi connectivity index (χ4v) is 3.74. The summed E-state index contributed by atoms with van der Waals surface area (Å²) in [7, 11) is -4.20. The molecule has 1 aliphatic rings. The van der Waals surface area contributed by atoms with E-state index in [9.17, 15) is 27.5 Å². The summed E-state index contributed by atoms with van der Waals surface area (Å²) < 4.78 is 45.4. The SMILES string of the molecule is O=C1COc2ccc(S(=O)(=O)NC(Cc3ccc(F)cc3)C(=O)O)cc2N1. The minimum Gasteiger partial charge on any atom is -0.482 e. The van der Waals surface area contributed by atoms with Gasteiger partial charge < -0.3 is 15.2 Å². The summed E-state index contributed by atoms with van der Waals surface area (Å²) in [4.78, 5) is 22.6. The Morgan fingerprint density at radius 3 is 2.63 bits per heavy atom. The predicted molar refractivity (Wildman–Crippen MR) is 92.4 cm³/mol. The summed E-state index contributed by atoms with van der Waals surface area (Å²) in [5.41, 5.74) is 0.636. The molecule has 1 aliphatic heterocycles. The number of hydrogen-bond donors (Lipinski definition) is 3. The Kier molecular flexibility index (Phi) is 5.10. The number of benzene rings is 2. The zero-order valence-corrected chi connectivity index (χ0v) is 14.6. The number of halogens is 1. The quantitative estimate of drug-likeness (QED) is 0.675. The number of nitrogens with one attached hydrogen (secondary N) is 2. The monoisotopic (exact) mass is 394 g/mol. The van der Waals surface area contributed by atoms with Gasteiger partial charge in [0.05, 0.1) is 10.6 Å². The van der Waals surface area contributed by atoms with Gasteiger partial charge in [0.15, 0.2) is 6.61 Å². The number of fused-ring (bicyclic) bond motifs is 1. The van der Waals surface area contributed by atoms with E-state index in [1.54, 1.807) is 0 Å². The molecule has 0 spiro atoms. The van der Waals surface area contributed by atoms with E-state index in [0.29, 0.717) is 11.3 Å². The Bertz CT molecular complexity index is 991. The Morgan fingerprint density at radius 1 is 1.26 bits per heavy atom. The first-order chi connectivity index (χ1) is 12.7. The van der Waals surface area contributed by atoms with Crippen molar-refractivity contribution in [1.29, 1.82) is 0 Å². The molecule has 0 saturated carbocycles. The molecule has 0 radical (unpaired) electrons. The number of sulfonamides is 1. The average molecular weight is 394 g/mol. The number of carbonyl (C=O) groups excluding carboxylic acids is 1. The molecule has 142 valence electrons. The molecule has 0 aliphatic carbocycles. The molecule has 1 atom stereocenters. The van der Waals surface area contributed by atoms with Crippen molar-refractivity contribution in [2.75, 3.05) is 11.9 Å². The fourth-order valence-electron chi connectivity index (χ4n) is 2.52. The van der Waals surface area contributed by atoms with Crippen molar-refractivity contribution >= 4 is 27.6 Å². The zero-order valence-electron chi connectivity index (χ0n) is 13.8. The highest BCUT2D eigenvalue weighted by molar-refractivity contribution is 7.89. The average Bonchev–Trinajstić information content (AvgIpc) is 2.62. The molecule has 0 aromatic heterocycles. The van der Waals surface area contributed by atoms with Crippen LogP contribution in [0.1, 0.15) is 5.56 Å². The third-order valence-corrected chi connectivity index (χ3v) is 5.31. The summed E-state index contributed by atoms with van der Waals surface area (Å²) in [6.45, 7) is -0.171. The van der Waals surface area contributed by atoms with Gasteiger partial charge in [-0.25, -0.2) is 12.8 Å². The van der Waals surface area contributed by atoms with Crippen LogP contribution in [0, 0.1) is 5.82 Å². The number of anilines is 1. The van der Waals surface area contributed by atoms with Crippen LogP contribution in [0.2, 0.25) is 0 Å². The fraction of sp³-hybridized carbons (Fsp3) is 0.176. The number of carboxylic acids is 1. The van der Waals surface area contributed by atoms with Crippen LogP contribution >= 0.6 is 0 Å². The Morgan fingerprint density at radius 2 is 1.96 bits per heavy atom. The first kappa shape index (κ1) is 18.8. The van der Waals surface area contributed by atoms with Gasteiger partial charge in [-0.15, -0.1) is 0 Å². The second-order valence-corrected chi connectivity index (χ2v) is 7.55. The number of aliphatic carboxylic acids is 1. The van der Waals surface area contributed by atoms with Crippen LogP contribution in [0.5, 0.6) is 5.75 Å². The minimum absolute atomic E-state index is 0.167. The van der Waals surface area contributed by atoms with Crippen LogP contribution in [0.3, 0.4) is 0 Å². The summed E-state index contributed by atoms with van der Waals surface area (Å²) in [5, 5.41) is 11.8. The first-order valence-electron chi connectivity index (χ1n) is 7.81. The Labute approximate surface area is 154 Å². The van der Waals surface area contributed by atoms with Gasteiger partial charge in [-0.3, -0.25) is 9.59 Å². The number of carboxylic acid groups (broad SMARTS) is 1. The number of carbonyl (C=O) groups is 2. The maximum absolute atomic E-state index is 13.0. The van der Waals surface area contributed by atoms with Gasteiger partial charge in [0.25, 0.3) is 5.91 Å². The normalized spacial score (nSPS) is 14.6. The molecule has 2 aromatic rings. The van der Waals surface area contributed by atoms with E-state index in [-0.39, 0.29) is 23.6 Å². The van der Waals surface area contributed by atoms with Crippen LogP contribution in [0.15, 0.2) is 47.4 Å². The van der Waals surface area contributed by atoms with Gasteiger partial charge in [-0.2, -0.15) is 4.72 Å². The van der Waals surface area contributed by atoms with Crippen LogP contribution in [0.25, 0.3) is 0 Å². The molecule has 3 N–H and O–H groups in total. The minimum atomic E-state index is -4.20. The smallest absolute Gasteiger partial charge is 0.322 e. The highest BCUT2D eigenvalue weighted by atomic mass is 32.2. The summed E-state index contributed by atoms with van der Waals surface area (Å²) in [6, 6.07) is 7.43. The lowest BCUT2D eigenvalue weighted by Gasteiger charge is -2.19. The van der Waals surface area contributed by atoms with Crippen LogP contribution in [0.4, 0.5) is 10.1 Å². The number of rotatable bonds is 6. The third-order valence-electron chi connectivity index (χ3n) is 3.84. The lowest BCUT2D eigenvalue weighted by Crippen LogP contribution is -2.42. The second kappa shape index (κ2) is 7.33. The Hall–Kier alpha value is -2.98. The molecule has 0 bridgehead atoms. The van der Waals surface area contributed by atoms with Gasteiger partial charge in [0.2, 0.25) is 10.0 Å². The molecular formula is C17H15FN2O6S. The molecule has 1 unspecified atom stereocenters. The largest absolute Gasteiger partial charge is 0.482 e. The number of hydrogen-bond acceptors (Lipinski definition) is 5. The first-order valence-corrected chi connectivity index (χ1v) is 9.29. The van der Waals surface area contributed by atoms with Gasteiger partial charge in [0, 0.05) is 0 Å².